The largest absolute Gasteiger partial charge is 0.306 e. The molecule has 19 heavy (non-hydrogen) atoms. The fourth-order valence-corrected chi connectivity index (χ4v) is 2.26. The van der Waals surface area contributed by atoms with Gasteiger partial charge in [-0.1, -0.05) is 23.7 Å². The van der Waals surface area contributed by atoms with Crippen molar-refractivity contribution in [2.24, 2.45) is 7.05 Å². The van der Waals surface area contributed by atoms with Crippen molar-refractivity contribution in [3.63, 3.8) is 0 Å². The highest BCUT2D eigenvalue weighted by atomic mass is 35.5. The molecule has 0 saturated heterocycles. The fourth-order valence-electron chi connectivity index (χ4n) is 2.02. The lowest BCUT2D eigenvalue weighted by Gasteiger charge is -2.14. The first-order valence-electron chi connectivity index (χ1n) is 6.16. The minimum atomic E-state index is -0.221. The number of benzene rings is 1. The third-order valence-corrected chi connectivity index (χ3v) is 3.68. The Balaban J connectivity index is 2.06. The SMILES string of the molecule is Cc1nn(C)c(Cl)c1CN[C@H](C)c1cccc(F)c1. The predicted molar refractivity (Wildman–Crippen MR) is 74.6 cm³/mol. The number of halogens is 2. The van der Waals surface area contributed by atoms with Crippen LogP contribution in [0.4, 0.5) is 4.39 Å². The third-order valence-electron chi connectivity index (χ3n) is 3.20. The van der Waals surface area contributed by atoms with Gasteiger partial charge in [0.05, 0.1) is 5.69 Å². The average molecular weight is 282 g/mol. The standard InChI is InChI=1S/C14H17ClFN3/c1-9(11-5-4-6-12(16)7-11)17-8-13-10(2)18-19(3)14(13)15/h4-7,9,17H,8H2,1-3H3/t9-/m1/s1. The molecule has 0 radical (unpaired) electrons. The van der Waals surface area contributed by atoms with E-state index in [-0.39, 0.29) is 11.9 Å². The van der Waals surface area contributed by atoms with Crippen LogP contribution in [0.15, 0.2) is 24.3 Å². The van der Waals surface area contributed by atoms with Crippen LogP contribution >= 0.6 is 11.6 Å². The van der Waals surface area contributed by atoms with Crippen molar-refractivity contribution < 1.29 is 4.39 Å². The normalized spacial score (nSPS) is 12.7. The molecule has 1 aromatic carbocycles. The smallest absolute Gasteiger partial charge is 0.131 e. The number of hydrogen-bond acceptors (Lipinski definition) is 2. The summed E-state index contributed by atoms with van der Waals surface area (Å²) in [7, 11) is 1.81. The summed E-state index contributed by atoms with van der Waals surface area (Å²) in [6, 6.07) is 6.64. The molecule has 102 valence electrons. The molecular weight excluding hydrogens is 265 g/mol. The topological polar surface area (TPSA) is 29.9 Å². The highest BCUT2D eigenvalue weighted by molar-refractivity contribution is 6.30. The summed E-state index contributed by atoms with van der Waals surface area (Å²) in [5.41, 5.74) is 2.80. The molecule has 0 spiro atoms. The Morgan fingerprint density at radius 1 is 1.47 bits per heavy atom. The molecule has 0 aliphatic carbocycles. The minimum Gasteiger partial charge on any atom is -0.306 e. The van der Waals surface area contributed by atoms with E-state index in [1.165, 1.54) is 12.1 Å². The molecule has 2 aromatic rings. The van der Waals surface area contributed by atoms with Crippen molar-refractivity contribution in [3.8, 4) is 0 Å². The lowest BCUT2D eigenvalue weighted by atomic mass is 10.1. The number of nitrogens with one attached hydrogen (secondary N) is 1. The highest BCUT2D eigenvalue weighted by Crippen LogP contribution is 2.20. The van der Waals surface area contributed by atoms with Crippen molar-refractivity contribution in [2.75, 3.05) is 0 Å². The van der Waals surface area contributed by atoms with E-state index in [0.29, 0.717) is 11.7 Å². The van der Waals surface area contributed by atoms with Crippen LogP contribution in [0.5, 0.6) is 0 Å². The van der Waals surface area contributed by atoms with Gasteiger partial charge in [-0.15, -0.1) is 0 Å². The van der Waals surface area contributed by atoms with Gasteiger partial charge in [0.25, 0.3) is 0 Å². The van der Waals surface area contributed by atoms with Crippen LogP contribution in [0, 0.1) is 12.7 Å². The summed E-state index contributed by atoms with van der Waals surface area (Å²) < 4.78 is 14.8. The van der Waals surface area contributed by atoms with Gasteiger partial charge < -0.3 is 5.32 Å². The van der Waals surface area contributed by atoms with Crippen LogP contribution < -0.4 is 5.32 Å². The summed E-state index contributed by atoms with van der Waals surface area (Å²) in [5, 5.41) is 8.23. The van der Waals surface area contributed by atoms with Crippen LogP contribution in [-0.4, -0.2) is 9.78 Å². The van der Waals surface area contributed by atoms with Crippen LogP contribution in [0.1, 0.15) is 29.8 Å². The first-order valence-corrected chi connectivity index (χ1v) is 6.53. The first-order chi connectivity index (χ1) is 8.99. The molecule has 0 unspecified atom stereocenters. The molecule has 1 N–H and O–H groups in total. The Bertz CT molecular complexity index is 580. The summed E-state index contributed by atoms with van der Waals surface area (Å²) in [6.45, 7) is 4.53. The summed E-state index contributed by atoms with van der Waals surface area (Å²) in [4.78, 5) is 0. The summed E-state index contributed by atoms with van der Waals surface area (Å²) in [5.74, 6) is -0.221. The van der Waals surface area contributed by atoms with Gasteiger partial charge in [-0.3, -0.25) is 4.68 Å². The van der Waals surface area contributed by atoms with Crippen molar-refractivity contribution in [2.45, 2.75) is 26.4 Å². The quantitative estimate of drug-likeness (QED) is 0.931. The Kier molecular flexibility index (Phi) is 4.22. The summed E-state index contributed by atoms with van der Waals surface area (Å²) >= 11 is 6.17. The molecule has 2 rings (SSSR count). The van der Waals surface area contributed by atoms with E-state index in [4.69, 9.17) is 11.6 Å². The van der Waals surface area contributed by atoms with Gasteiger partial charge in [0.15, 0.2) is 0 Å². The van der Waals surface area contributed by atoms with Gasteiger partial charge in [0.2, 0.25) is 0 Å². The number of aromatic nitrogens is 2. The monoisotopic (exact) mass is 281 g/mol. The average Bonchev–Trinajstić information content (AvgIpc) is 2.61. The van der Waals surface area contributed by atoms with Crippen LogP contribution in [0.3, 0.4) is 0 Å². The molecule has 5 heteroatoms. The summed E-state index contributed by atoms with van der Waals surface area (Å²) in [6.07, 6.45) is 0. The van der Waals surface area contributed by atoms with Gasteiger partial charge in [0, 0.05) is 25.2 Å². The molecule has 1 atom stereocenters. The lowest BCUT2D eigenvalue weighted by Crippen LogP contribution is -2.18. The van der Waals surface area contributed by atoms with Gasteiger partial charge in [0.1, 0.15) is 11.0 Å². The van der Waals surface area contributed by atoms with Gasteiger partial charge in [-0.2, -0.15) is 5.10 Å². The molecule has 0 bridgehead atoms. The molecule has 0 fully saturated rings. The van der Waals surface area contributed by atoms with Gasteiger partial charge in [-0.25, -0.2) is 4.39 Å². The Morgan fingerprint density at radius 2 is 2.21 bits per heavy atom. The maximum Gasteiger partial charge on any atom is 0.131 e. The molecule has 0 saturated carbocycles. The van der Waals surface area contributed by atoms with Gasteiger partial charge >= 0.3 is 0 Å². The number of aryl methyl sites for hydroxylation is 2. The second-order valence-electron chi connectivity index (χ2n) is 4.64. The Hall–Kier alpha value is -1.39. The van der Waals surface area contributed by atoms with Gasteiger partial charge in [-0.05, 0) is 31.5 Å². The second kappa shape index (κ2) is 5.72. The maximum atomic E-state index is 13.2. The number of nitrogens with zero attached hydrogens (tertiary/aromatic N) is 2. The highest BCUT2D eigenvalue weighted by Gasteiger charge is 2.12. The van der Waals surface area contributed by atoms with Crippen molar-refractivity contribution in [1.82, 2.24) is 15.1 Å². The second-order valence-corrected chi connectivity index (χ2v) is 4.99. The van der Waals surface area contributed by atoms with Crippen molar-refractivity contribution in [1.29, 1.82) is 0 Å². The molecular formula is C14H17ClFN3. The zero-order valence-electron chi connectivity index (χ0n) is 11.2. The molecule has 1 aromatic heterocycles. The zero-order valence-corrected chi connectivity index (χ0v) is 12.0. The maximum absolute atomic E-state index is 13.2. The fraction of sp³-hybridized carbons (Fsp3) is 0.357. The van der Waals surface area contributed by atoms with Crippen molar-refractivity contribution in [3.05, 3.63) is 52.1 Å². The predicted octanol–water partition coefficient (Wildman–Crippen LogP) is 3.37. The van der Waals surface area contributed by atoms with E-state index in [1.54, 1.807) is 10.7 Å². The molecule has 1 heterocycles. The molecule has 0 amide bonds. The van der Waals surface area contributed by atoms with E-state index in [0.717, 1.165) is 16.8 Å². The minimum absolute atomic E-state index is 0.0476. The zero-order chi connectivity index (χ0) is 14.0. The Morgan fingerprint density at radius 3 is 2.79 bits per heavy atom. The van der Waals surface area contributed by atoms with Crippen LogP contribution in [0.25, 0.3) is 0 Å². The van der Waals surface area contributed by atoms with E-state index >= 15 is 0 Å². The van der Waals surface area contributed by atoms with E-state index < -0.39 is 0 Å². The molecule has 3 nitrogen and oxygen atoms in total. The Labute approximate surface area is 117 Å². The van der Waals surface area contributed by atoms with E-state index in [1.807, 2.05) is 27.0 Å². The first kappa shape index (κ1) is 14.0. The van der Waals surface area contributed by atoms with Crippen LogP contribution in [0.2, 0.25) is 5.15 Å². The molecule has 0 aliphatic heterocycles. The molecule has 0 aliphatic rings. The van der Waals surface area contributed by atoms with E-state index in [9.17, 15) is 4.39 Å². The van der Waals surface area contributed by atoms with E-state index in [2.05, 4.69) is 10.4 Å². The van der Waals surface area contributed by atoms with Crippen LogP contribution in [-0.2, 0) is 13.6 Å². The van der Waals surface area contributed by atoms with Crippen molar-refractivity contribution >= 4 is 11.6 Å². The number of rotatable bonds is 4. The lowest BCUT2D eigenvalue weighted by molar-refractivity contribution is 0.564. The number of hydrogen-bond donors (Lipinski definition) is 1. The third kappa shape index (κ3) is 3.14.